The second-order valence-corrected chi connectivity index (χ2v) is 5.89. The summed E-state index contributed by atoms with van der Waals surface area (Å²) in [5.41, 5.74) is -0.249. The quantitative estimate of drug-likeness (QED) is 0.790. The third-order valence-electron chi connectivity index (χ3n) is 3.67. The fraction of sp³-hybridized carbons (Fsp3) is 0.278. The number of hydrogen-bond acceptors (Lipinski definition) is 2. The van der Waals surface area contributed by atoms with Crippen LogP contribution in [-0.4, -0.2) is 23.9 Å². The van der Waals surface area contributed by atoms with E-state index in [0.29, 0.717) is 18.1 Å². The zero-order valence-corrected chi connectivity index (χ0v) is 14.4. The molecule has 0 saturated heterocycles. The molecule has 0 atom stereocenters. The lowest BCUT2D eigenvalue weighted by Gasteiger charge is -2.21. The van der Waals surface area contributed by atoms with E-state index in [2.05, 4.69) is 5.32 Å². The van der Waals surface area contributed by atoms with Gasteiger partial charge in [-0.3, -0.25) is 9.69 Å². The molecule has 2 rings (SSSR count). The Hall–Kier alpha value is -2.05. The molecule has 3 nitrogen and oxygen atoms in total. The minimum absolute atomic E-state index is 0.0338. The Morgan fingerprint density at radius 1 is 1.12 bits per heavy atom. The molecule has 25 heavy (non-hydrogen) atoms. The molecule has 0 aliphatic rings. The van der Waals surface area contributed by atoms with Crippen LogP contribution in [0.15, 0.2) is 48.5 Å². The van der Waals surface area contributed by atoms with Crippen molar-refractivity contribution >= 4 is 23.2 Å². The van der Waals surface area contributed by atoms with Crippen molar-refractivity contribution in [3.05, 3.63) is 64.7 Å². The summed E-state index contributed by atoms with van der Waals surface area (Å²) in [7, 11) is 0. The van der Waals surface area contributed by atoms with Crippen LogP contribution in [0.4, 0.5) is 18.9 Å². The van der Waals surface area contributed by atoms with Gasteiger partial charge in [0.2, 0.25) is 5.91 Å². The number of carbonyl (C=O) groups is 1. The highest BCUT2D eigenvalue weighted by molar-refractivity contribution is 6.31. The molecule has 0 aromatic heterocycles. The van der Waals surface area contributed by atoms with Crippen LogP contribution in [0.3, 0.4) is 0 Å². The minimum Gasteiger partial charge on any atom is -0.324 e. The van der Waals surface area contributed by atoms with Gasteiger partial charge < -0.3 is 5.32 Å². The van der Waals surface area contributed by atoms with Gasteiger partial charge in [-0.15, -0.1) is 0 Å². The molecule has 0 aliphatic heterocycles. The van der Waals surface area contributed by atoms with Crippen molar-refractivity contribution in [1.82, 2.24) is 4.90 Å². The fourth-order valence-electron chi connectivity index (χ4n) is 2.38. The zero-order valence-electron chi connectivity index (χ0n) is 13.6. The van der Waals surface area contributed by atoms with Crippen LogP contribution >= 0.6 is 11.6 Å². The average Bonchev–Trinajstić information content (AvgIpc) is 2.55. The van der Waals surface area contributed by atoms with E-state index in [1.807, 2.05) is 25.1 Å². The Morgan fingerprint density at radius 2 is 1.76 bits per heavy atom. The summed E-state index contributed by atoms with van der Waals surface area (Å²) in [6.07, 6.45) is -4.52. The summed E-state index contributed by atoms with van der Waals surface area (Å²) in [6, 6.07) is 12.2. The molecule has 0 fully saturated rings. The first-order chi connectivity index (χ1) is 11.8. The topological polar surface area (TPSA) is 32.3 Å². The predicted molar refractivity (Wildman–Crippen MR) is 92.5 cm³/mol. The van der Waals surface area contributed by atoms with Gasteiger partial charge in [-0.2, -0.15) is 13.2 Å². The number of amides is 1. The van der Waals surface area contributed by atoms with E-state index in [-0.39, 0.29) is 12.2 Å². The first-order valence-electron chi connectivity index (χ1n) is 7.73. The van der Waals surface area contributed by atoms with Crippen LogP contribution in [0.1, 0.15) is 18.1 Å². The highest BCUT2D eigenvalue weighted by Crippen LogP contribution is 2.34. The SMILES string of the molecule is CCN(CC(=O)Nc1ccccc1C(F)(F)F)Cc1ccccc1Cl. The predicted octanol–water partition coefficient (Wildman–Crippen LogP) is 4.82. The molecule has 7 heteroatoms. The first-order valence-corrected chi connectivity index (χ1v) is 8.11. The second kappa shape index (κ2) is 8.36. The van der Waals surface area contributed by atoms with Gasteiger partial charge in [0.25, 0.3) is 0 Å². The molecule has 0 saturated carbocycles. The Bertz CT molecular complexity index is 734. The van der Waals surface area contributed by atoms with Gasteiger partial charge in [-0.25, -0.2) is 0 Å². The lowest BCUT2D eigenvalue weighted by Crippen LogP contribution is -2.33. The monoisotopic (exact) mass is 370 g/mol. The van der Waals surface area contributed by atoms with E-state index < -0.39 is 17.6 Å². The summed E-state index contributed by atoms with van der Waals surface area (Å²) < 4.78 is 38.9. The van der Waals surface area contributed by atoms with Crippen molar-refractivity contribution in [2.24, 2.45) is 0 Å². The van der Waals surface area contributed by atoms with Gasteiger partial charge in [0.15, 0.2) is 0 Å². The third-order valence-corrected chi connectivity index (χ3v) is 4.04. The molecule has 2 aromatic carbocycles. The van der Waals surface area contributed by atoms with Crippen molar-refractivity contribution in [1.29, 1.82) is 0 Å². The largest absolute Gasteiger partial charge is 0.418 e. The van der Waals surface area contributed by atoms with E-state index in [1.165, 1.54) is 18.2 Å². The van der Waals surface area contributed by atoms with Gasteiger partial charge in [-0.05, 0) is 30.3 Å². The summed E-state index contributed by atoms with van der Waals surface area (Å²) in [5.74, 6) is -0.509. The smallest absolute Gasteiger partial charge is 0.324 e. The van der Waals surface area contributed by atoms with E-state index in [1.54, 1.807) is 11.0 Å². The van der Waals surface area contributed by atoms with E-state index in [9.17, 15) is 18.0 Å². The molecule has 0 aliphatic carbocycles. The number of rotatable bonds is 6. The molecule has 0 unspecified atom stereocenters. The normalized spacial score (nSPS) is 11.6. The second-order valence-electron chi connectivity index (χ2n) is 5.49. The molecule has 0 spiro atoms. The van der Waals surface area contributed by atoms with Crippen LogP contribution in [0.2, 0.25) is 5.02 Å². The Balaban J connectivity index is 2.05. The molecule has 1 amide bonds. The average molecular weight is 371 g/mol. The van der Waals surface area contributed by atoms with Gasteiger partial charge in [-0.1, -0.05) is 48.9 Å². The number of anilines is 1. The maximum Gasteiger partial charge on any atom is 0.418 e. The number of halogens is 4. The molecule has 0 bridgehead atoms. The number of nitrogens with zero attached hydrogens (tertiary/aromatic N) is 1. The van der Waals surface area contributed by atoms with Crippen molar-refractivity contribution in [2.75, 3.05) is 18.4 Å². The number of hydrogen-bond donors (Lipinski definition) is 1. The van der Waals surface area contributed by atoms with Crippen LogP contribution in [0.25, 0.3) is 0 Å². The standard InChI is InChI=1S/C18H18ClF3N2O/c1-2-24(11-13-7-3-5-9-15(13)19)12-17(25)23-16-10-6-4-8-14(16)18(20,21)22/h3-10H,2,11-12H2,1H3,(H,23,25). The highest BCUT2D eigenvalue weighted by atomic mass is 35.5. The number of likely N-dealkylation sites (N-methyl/N-ethyl adjacent to an activating group) is 1. The van der Waals surface area contributed by atoms with Crippen LogP contribution in [0.5, 0.6) is 0 Å². The number of nitrogens with one attached hydrogen (secondary N) is 1. The van der Waals surface area contributed by atoms with Gasteiger partial charge in [0, 0.05) is 11.6 Å². The molecule has 0 heterocycles. The van der Waals surface area contributed by atoms with Crippen LogP contribution in [-0.2, 0) is 17.5 Å². The van der Waals surface area contributed by atoms with Crippen molar-refractivity contribution in [3.8, 4) is 0 Å². The number of benzene rings is 2. The van der Waals surface area contributed by atoms with Crippen LogP contribution < -0.4 is 5.32 Å². The maximum absolute atomic E-state index is 13.0. The summed E-state index contributed by atoms with van der Waals surface area (Å²) in [4.78, 5) is 14.0. The molecular weight excluding hydrogens is 353 g/mol. The Morgan fingerprint density at radius 3 is 2.40 bits per heavy atom. The molecule has 2 aromatic rings. The molecule has 1 N–H and O–H groups in total. The van der Waals surface area contributed by atoms with Gasteiger partial charge >= 0.3 is 6.18 Å². The van der Waals surface area contributed by atoms with Gasteiger partial charge in [0.05, 0.1) is 17.8 Å². The fourth-order valence-corrected chi connectivity index (χ4v) is 2.57. The number of carbonyl (C=O) groups excluding carboxylic acids is 1. The van der Waals surface area contributed by atoms with Crippen molar-refractivity contribution < 1.29 is 18.0 Å². The molecule has 0 radical (unpaired) electrons. The molecule has 134 valence electrons. The van der Waals surface area contributed by atoms with Crippen molar-refractivity contribution in [2.45, 2.75) is 19.6 Å². The van der Waals surface area contributed by atoms with Crippen LogP contribution in [0, 0.1) is 0 Å². The highest BCUT2D eigenvalue weighted by Gasteiger charge is 2.33. The minimum atomic E-state index is -4.52. The summed E-state index contributed by atoms with van der Waals surface area (Å²) >= 11 is 6.11. The Kier molecular flexibility index (Phi) is 6.45. The Labute approximate surface area is 149 Å². The van der Waals surface area contributed by atoms with E-state index >= 15 is 0 Å². The lowest BCUT2D eigenvalue weighted by atomic mass is 10.1. The molecular formula is C18H18ClF3N2O. The maximum atomic E-state index is 13.0. The van der Waals surface area contributed by atoms with E-state index in [4.69, 9.17) is 11.6 Å². The zero-order chi connectivity index (χ0) is 18.4. The summed E-state index contributed by atoms with van der Waals surface area (Å²) in [6.45, 7) is 2.83. The van der Waals surface area contributed by atoms with Gasteiger partial charge in [0.1, 0.15) is 0 Å². The lowest BCUT2D eigenvalue weighted by molar-refractivity contribution is -0.137. The first kappa shape index (κ1) is 19.3. The summed E-state index contributed by atoms with van der Waals surface area (Å²) in [5, 5.41) is 2.94. The van der Waals surface area contributed by atoms with Crippen molar-refractivity contribution in [3.63, 3.8) is 0 Å². The third kappa shape index (κ3) is 5.47. The number of para-hydroxylation sites is 1. The number of alkyl halides is 3. The van der Waals surface area contributed by atoms with E-state index in [0.717, 1.165) is 11.6 Å².